The van der Waals surface area contributed by atoms with Crippen LogP contribution in [0.15, 0.2) is 0 Å². The van der Waals surface area contributed by atoms with Gasteiger partial charge in [0.2, 0.25) is 0 Å². The topological polar surface area (TPSA) is 9.23 Å². The molecule has 0 rings (SSSR count). The van der Waals surface area contributed by atoms with E-state index in [2.05, 4.69) is 41.5 Å². The molecule has 0 amide bonds. The molecule has 0 aromatic carbocycles. The van der Waals surface area contributed by atoms with Crippen molar-refractivity contribution < 1.29 is 4.74 Å². The Balaban J connectivity index is 0. The fourth-order valence-corrected chi connectivity index (χ4v) is 0.919. The monoisotopic (exact) mass is 141 g/mol. The van der Waals surface area contributed by atoms with Crippen LogP contribution in [-0.4, -0.2) is 21.3 Å². The average molecular weight is 141 g/mol. The number of ether oxygens (including phenoxy) is 1. The minimum absolute atomic E-state index is 0. The summed E-state index contributed by atoms with van der Waals surface area (Å²) < 4.78 is 5.62. The van der Waals surface area contributed by atoms with Gasteiger partial charge in [-0.3, -0.25) is 0 Å². The zero-order chi connectivity index (χ0) is 7.71. The molecule has 0 saturated carbocycles. The van der Waals surface area contributed by atoms with E-state index in [1.165, 1.54) is 0 Å². The van der Waals surface area contributed by atoms with Crippen LogP contribution in [0.25, 0.3) is 0 Å². The van der Waals surface area contributed by atoms with Crippen LogP contribution in [0.1, 0.15) is 41.5 Å². The molecule has 0 aliphatic rings. The molecule has 0 aliphatic heterocycles. The standard InChI is InChI=1S/C8H18O.Be.2H/c1-7(2,3)9-8(4,5)6;;;/h1-6H3;;;. The van der Waals surface area contributed by atoms with Crippen molar-refractivity contribution >= 4 is 10.1 Å². The second-order valence-electron chi connectivity index (χ2n) is 4.33. The van der Waals surface area contributed by atoms with Crippen molar-refractivity contribution in [2.45, 2.75) is 52.7 Å². The van der Waals surface area contributed by atoms with Gasteiger partial charge in [0, 0.05) is 0 Å². The Bertz CT molecular complexity index is 74.4. The molecular formula is C8H20BeO. The van der Waals surface area contributed by atoms with Crippen LogP contribution in [0, 0.1) is 0 Å². The zero-order valence-corrected chi connectivity index (χ0v) is 7.41. The number of hydrogen-bond acceptors (Lipinski definition) is 1. The van der Waals surface area contributed by atoms with Crippen molar-refractivity contribution in [3.05, 3.63) is 0 Å². The summed E-state index contributed by atoms with van der Waals surface area (Å²) in [6.45, 7) is 12.4. The van der Waals surface area contributed by atoms with E-state index in [0.717, 1.165) is 0 Å². The molecule has 0 saturated heterocycles. The number of rotatable bonds is 0. The normalized spacial score (nSPS) is 12.6. The number of hydrogen-bond donors (Lipinski definition) is 0. The Morgan fingerprint density at radius 3 is 0.900 bits per heavy atom. The van der Waals surface area contributed by atoms with Crippen LogP contribution >= 0.6 is 0 Å². The van der Waals surface area contributed by atoms with Gasteiger partial charge in [-0.1, -0.05) is 0 Å². The van der Waals surface area contributed by atoms with Gasteiger partial charge in [0.15, 0.2) is 0 Å². The van der Waals surface area contributed by atoms with Gasteiger partial charge in [0.25, 0.3) is 0 Å². The molecule has 0 spiro atoms. The van der Waals surface area contributed by atoms with E-state index >= 15 is 0 Å². The summed E-state index contributed by atoms with van der Waals surface area (Å²) in [6.07, 6.45) is 0. The molecule has 0 bridgehead atoms. The Morgan fingerprint density at radius 2 is 0.900 bits per heavy atom. The fraction of sp³-hybridized carbons (Fsp3) is 1.00. The minimum atomic E-state index is -0.0156. The molecule has 0 fully saturated rings. The SMILES string of the molecule is CC(C)(C)OC(C)(C)C.[BeH2]. The Labute approximate surface area is 68.4 Å². The van der Waals surface area contributed by atoms with Crippen molar-refractivity contribution in [2.75, 3.05) is 0 Å². The molecule has 0 unspecified atom stereocenters. The molecule has 0 heterocycles. The first-order valence-electron chi connectivity index (χ1n) is 3.41. The summed E-state index contributed by atoms with van der Waals surface area (Å²) in [5, 5.41) is 0. The average Bonchev–Trinajstić information content (AvgIpc) is 1.14. The summed E-state index contributed by atoms with van der Waals surface area (Å²) in [5.74, 6) is 0. The van der Waals surface area contributed by atoms with Crippen molar-refractivity contribution in [3.63, 3.8) is 0 Å². The summed E-state index contributed by atoms with van der Waals surface area (Å²) in [6, 6.07) is 0. The molecule has 0 radical (unpaired) electrons. The van der Waals surface area contributed by atoms with Crippen LogP contribution < -0.4 is 0 Å². The Morgan fingerprint density at radius 1 is 0.700 bits per heavy atom. The molecule has 0 N–H and O–H groups in total. The molecule has 0 aromatic heterocycles. The first-order valence-corrected chi connectivity index (χ1v) is 3.41. The molecule has 2 heteroatoms. The van der Waals surface area contributed by atoms with Crippen molar-refractivity contribution in [1.82, 2.24) is 0 Å². The maximum atomic E-state index is 5.62. The van der Waals surface area contributed by atoms with Crippen LogP contribution in [-0.2, 0) is 4.74 Å². The van der Waals surface area contributed by atoms with E-state index in [9.17, 15) is 0 Å². The third-order valence-electron chi connectivity index (χ3n) is 0.612. The van der Waals surface area contributed by atoms with Gasteiger partial charge < -0.3 is 4.74 Å². The molecule has 0 atom stereocenters. The van der Waals surface area contributed by atoms with Crippen molar-refractivity contribution in [2.24, 2.45) is 0 Å². The third kappa shape index (κ3) is 11.0. The summed E-state index contributed by atoms with van der Waals surface area (Å²) in [5.41, 5.74) is -0.0312. The van der Waals surface area contributed by atoms with Gasteiger partial charge in [-0.25, -0.2) is 0 Å². The summed E-state index contributed by atoms with van der Waals surface area (Å²) in [4.78, 5) is 0. The van der Waals surface area contributed by atoms with Gasteiger partial charge in [-0.2, -0.15) is 0 Å². The van der Waals surface area contributed by atoms with Crippen LogP contribution in [0.5, 0.6) is 0 Å². The van der Waals surface area contributed by atoms with E-state index in [1.807, 2.05) is 0 Å². The Kier molecular flexibility index (Phi) is 4.47. The van der Waals surface area contributed by atoms with E-state index in [0.29, 0.717) is 0 Å². The van der Waals surface area contributed by atoms with Gasteiger partial charge in [-0.05, 0) is 41.5 Å². The van der Waals surface area contributed by atoms with Crippen LogP contribution in [0.2, 0.25) is 0 Å². The van der Waals surface area contributed by atoms with Gasteiger partial charge in [-0.15, -0.1) is 0 Å². The van der Waals surface area contributed by atoms with Crippen LogP contribution in [0.4, 0.5) is 0 Å². The second-order valence-corrected chi connectivity index (χ2v) is 4.33. The first-order chi connectivity index (χ1) is 3.71. The first kappa shape index (κ1) is 12.8. The van der Waals surface area contributed by atoms with Crippen molar-refractivity contribution in [3.8, 4) is 0 Å². The van der Waals surface area contributed by atoms with E-state index in [1.54, 1.807) is 0 Å². The van der Waals surface area contributed by atoms with Gasteiger partial charge in [0.1, 0.15) is 0 Å². The molecule has 0 aliphatic carbocycles. The van der Waals surface area contributed by atoms with E-state index in [4.69, 9.17) is 4.74 Å². The zero-order valence-electron chi connectivity index (χ0n) is 7.41. The molecule has 60 valence electrons. The van der Waals surface area contributed by atoms with Gasteiger partial charge >= 0.3 is 10.1 Å². The van der Waals surface area contributed by atoms with Crippen molar-refractivity contribution in [1.29, 1.82) is 0 Å². The second kappa shape index (κ2) is 3.50. The van der Waals surface area contributed by atoms with E-state index < -0.39 is 0 Å². The van der Waals surface area contributed by atoms with E-state index in [-0.39, 0.29) is 21.3 Å². The predicted molar refractivity (Wildman–Crippen MR) is 49.1 cm³/mol. The quantitative estimate of drug-likeness (QED) is 0.466. The van der Waals surface area contributed by atoms with Crippen LogP contribution in [0.3, 0.4) is 0 Å². The third-order valence-corrected chi connectivity index (χ3v) is 0.612. The van der Waals surface area contributed by atoms with Gasteiger partial charge in [0.05, 0.1) is 11.2 Å². The Hall–Kier alpha value is 0.129. The molecule has 10 heavy (non-hydrogen) atoms. The molecule has 1 nitrogen and oxygen atoms in total. The molecule has 0 aromatic rings. The summed E-state index contributed by atoms with van der Waals surface area (Å²) in [7, 11) is 0. The predicted octanol–water partition coefficient (Wildman–Crippen LogP) is 1.68. The fourth-order valence-electron chi connectivity index (χ4n) is 0.919. The summed E-state index contributed by atoms with van der Waals surface area (Å²) >= 11 is 0. The maximum absolute atomic E-state index is 5.62. The molecular weight excluding hydrogens is 121 g/mol.